The monoisotopic (exact) mass is 273 g/mol. The Morgan fingerprint density at radius 3 is 2.85 bits per heavy atom. The van der Waals surface area contributed by atoms with Gasteiger partial charge >= 0.3 is 5.97 Å². The molecule has 0 aliphatic carbocycles. The molecule has 2 rings (SSSR count). The Morgan fingerprint density at radius 1 is 1.40 bits per heavy atom. The lowest BCUT2D eigenvalue weighted by molar-refractivity contribution is -0.145. The zero-order valence-electron chi connectivity index (χ0n) is 11.8. The summed E-state index contributed by atoms with van der Waals surface area (Å²) in [7, 11) is 1.84. The van der Waals surface area contributed by atoms with Crippen molar-refractivity contribution in [2.45, 2.75) is 26.4 Å². The molecule has 2 N–H and O–H groups in total. The number of aryl methyl sites for hydroxylation is 3. The van der Waals surface area contributed by atoms with E-state index in [1.807, 2.05) is 44.3 Å². The highest BCUT2D eigenvalue weighted by Crippen LogP contribution is 2.10. The zero-order valence-corrected chi connectivity index (χ0v) is 11.8. The molecule has 1 aromatic carbocycles. The van der Waals surface area contributed by atoms with Crippen molar-refractivity contribution in [2.75, 3.05) is 5.73 Å². The Kier molecular flexibility index (Phi) is 4.40. The minimum absolute atomic E-state index is 0.216. The van der Waals surface area contributed by atoms with E-state index in [0.29, 0.717) is 18.5 Å². The Labute approximate surface area is 118 Å². The SMILES string of the molecule is Cc1cc(COC(=O)CCc2cccc(N)c2)n(C)n1. The molecule has 0 aliphatic rings. The molecule has 0 amide bonds. The Balaban J connectivity index is 1.80. The first-order valence-electron chi connectivity index (χ1n) is 6.54. The molecule has 0 radical (unpaired) electrons. The van der Waals surface area contributed by atoms with E-state index in [4.69, 9.17) is 10.5 Å². The summed E-state index contributed by atoms with van der Waals surface area (Å²) in [6, 6.07) is 9.44. The molecule has 0 saturated carbocycles. The molecule has 20 heavy (non-hydrogen) atoms. The molecule has 5 nitrogen and oxygen atoms in total. The van der Waals surface area contributed by atoms with Crippen LogP contribution in [0.25, 0.3) is 0 Å². The van der Waals surface area contributed by atoms with Gasteiger partial charge in [-0.2, -0.15) is 5.10 Å². The molecule has 106 valence electrons. The van der Waals surface area contributed by atoms with Crippen molar-refractivity contribution in [2.24, 2.45) is 7.05 Å². The molecule has 0 unspecified atom stereocenters. The first kappa shape index (κ1) is 14.1. The van der Waals surface area contributed by atoms with Gasteiger partial charge in [-0.05, 0) is 37.1 Å². The predicted octanol–water partition coefficient (Wildman–Crippen LogP) is 1.99. The molecule has 0 spiro atoms. The molecule has 0 fully saturated rings. The van der Waals surface area contributed by atoms with Crippen molar-refractivity contribution < 1.29 is 9.53 Å². The van der Waals surface area contributed by atoms with Gasteiger partial charge in [0.15, 0.2) is 0 Å². The first-order chi connectivity index (χ1) is 9.54. The number of ether oxygens (including phenoxy) is 1. The van der Waals surface area contributed by atoms with Crippen LogP contribution in [0.15, 0.2) is 30.3 Å². The summed E-state index contributed by atoms with van der Waals surface area (Å²) >= 11 is 0. The highest BCUT2D eigenvalue weighted by atomic mass is 16.5. The van der Waals surface area contributed by atoms with E-state index in [1.165, 1.54) is 0 Å². The fourth-order valence-corrected chi connectivity index (χ4v) is 2.02. The van der Waals surface area contributed by atoms with Crippen LogP contribution in [0.4, 0.5) is 5.69 Å². The second-order valence-electron chi connectivity index (χ2n) is 4.81. The number of carbonyl (C=O) groups excluding carboxylic acids is 1. The number of hydrogen-bond acceptors (Lipinski definition) is 4. The highest BCUT2D eigenvalue weighted by molar-refractivity contribution is 5.69. The topological polar surface area (TPSA) is 70.1 Å². The van der Waals surface area contributed by atoms with Crippen LogP contribution < -0.4 is 5.73 Å². The smallest absolute Gasteiger partial charge is 0.306 e. The molecule has 0 bridgehead atoms. The fraction of sp³-hybridized carbons (Fsp3) is 0.333. The molecule has 5 heteroatoms. The average Bonchev–Trinajstić information content (AvgIpc) is 2.72. The van der Waals surface area contributed by atoms with Crippen molar-refractivity contribution in [1.82, 2.24) is 9.78 Å². The second kappa shape index (κ2) is 6.23. The number of nitrogens with zero attached hydrogens (tertiary/aromatic N) is 2. The van der Waals surface area contributed by atoms with Crippen LogP contribution in [0.3, 0.4) is 0 Å². The van der Waals surface area contributed by atoms with Crippen LogP contribution in [0.5, 0.6) is 0 Å². The molecular formula is C15H19N3O2. The first-order valence-corrected chi connectivity index (χ1v) is 6.54. The van der Waals surface area contributed by atoms with Crippen LogP contribution in [-0.4, -0.2) is 15.7 Å². The zero-order chi connectivity index (χ0) is 14.5. The quantitative estimate of drug-likeness (QED) is 0.668. The fourth-order valence-electron chi connectivity index (χ4n) is 2.02. The number of aromatic nitrogens is 2. The number of nitrogens with two attached hydrogens (primary N) is 1. The number of hydrogen-bond donors (Lipinski definition) is 1. The predicted molar refractivity (Wildman–Crippen MR) is 76.9 cm³/mol. The summed E-state index contributed by atoms with van der Waals surface area (Å²) in [6.45, 7) is 2.16. The molecule has 2 aromatic rings. The van der Waals surface area contributed by atoms with Crippen LogP contribution in [-0.2, 0) is 29.6 Å². The van der Waals surface area contributed by atoms with Crippen molar-refractivity contribution in [3.8, 4) is 0 Å². The molecule has 1 aromatic heterocycles. The van der Waals surface area contributed by atoms with E-state index < -0.39 is 0 Å². The van der Waals surface area contributed by atoms with E-state index in [2.05, 4.69) is 5.10 Å². The molecule has 0 aliphatic heterocycles. The maximum absolute atomic E-state index is 11.7. The third-order valence-corrected chi connectivity index (χ3v) is 3.05. The van der Waals surface area contributed by atoms with E-state index in [9.17, 15) is 4.79 Å². The minimum atomic E-state index is -0.216. The Bertz CT molecular complexity index is 605. The van der Waals surface area contributed by atoms with E-state index in [1.54, 1.807) is 4.68 Å². The normalized spacial score (nSPS) is 10.5. The summed E-state index contributed by atoms with van der Waals surface area (Å²) in [5.74, 6) is -0.216. The summed E-state index contributed by atoms with van der Waals surface area (Å²) in [6.07, 6.45) is 0.981. The third kappa shape index (κ3) is 3.85. The molecule has 1 heterocycles. The van der Waals surface area contributed by atoms with Gasteiger partial charge in [0.1, 0.15) is 6.61 Å². The van der Waals surface area contributed by atoms with E-state index >= 15 is 0 Å². The van der Waals surface area contributed by atoms with Gasteiger partial charge in [0.05, 0.1) is 11.4 Å². The van der Waals surface area contributed by atoms with Crippen molar-refractivity contribution in [3.63, 3.8) is 0 Å². The van der Waals surface area contributed by atoms with Gasteiger partial charge in [-0.3, -0.25) is 9.48 Å². The second-order valence-corrected chi connectivity index (χ2v) is 4.81. The van der Waals surface area contributed by atoms with Crippen LogP contribution in [0.1, 0.15) is 23.4 Å². The summed E-state index contributed by atoms with van der Waals surface area (Å²) in [5.41, 5.74) is 9.25. The lowest BCUT2D eigenvalue weighted by Crippen LogP contribution is -2.08. The van der Waals surface area contributed by atoms with Crippen LogP contribution in [0.2, 0.25) is 0 Å². The summed E-state index contributed by atoms with van der Waals surface area (Å²) < 4.78 is 6.97. The number of anilines is 1. The largest absolute Gasteiger partial charge is 0.459 e. The number of carbonyl (C=O) groups is 1. The van der Waals surface area contributed by atoms with Crippen molar-refractivity contribution in [3.05, 3.63) is 47.3 Å². The van der Waals surface area contributed by atoms with Gasteiger partial charge in [-0.15, -0.1) is 0 Å². The number of esters is 1. The van der Waals surface area contributed by atoms with Gasteiger partial charge in [0.25, 0.3) is 0 Å². The molecular weight excluding hydrogens is 254 g/mol. The summed E-state index contributed by atoms with van der Waals surface area (Å²) in [4.78, 5) is 11.7. The molecule has 0 atom stereocenters. The van der Waals surface area contributed by atoms with Crippen LogP contribution in [0, 0.1) is 6.92 Å². The Morgan fingerprint density at radius 2 is 2.20 bits per heavy atom. The van der Waals surface area contributed by atoms with Gasteiger partial charge in [-0.1, -0.05) is 12.1 Å². The lowest BCUT2D eigenvalue weighted by atomic mass is 10.1. The van der Waals surface area contributed by atoms with Crippen molar-refractivity contribution >= 4 is 11.7 Å². The van der Waals surface area contributed by atoms with Crippen LogP contribution >= 0.6 is 0 Å². The average molecular weight is 273 g/mol. The number of rotatable bonds is 5. The van der Waals surface area contributed by atoms with Gasteiger partial charge in [0, 0.05) is 19.2 Å². The maximum Gasteiger partial charge on any atom is 0.306 e. The maximum atomic E-state index is 11.7. The number of nitrogen functional groups attached to an aromatic ring is 1. The molecule has 0 saturated heterocycles. The Hall–Kier alpha value is -2.30. The van der Waals surface area contributed by atoms with Gasteiger partial charge in [-0.25, -0.2) is 0 Å². The van der Waals surface area contributed by atoms with E-state index in [0.717, 1.165) is 17.0 Å². The highest BCUT2D eigenvalue weighted by Gasteiger charge is 2.07. The number of benzene rings is 1. The van der Waals surface area contributed by atoms with Crippen molar-refractivity contribution in [1.29, 1.82) is 0 Å². The van der Waals surface area contributed by atoms with E-state index in [-0.39, 0.29) is 12.6 Å². The third-order valence-electron chi connectivity index (χ3n) is 3.05. The lowest BCUT2D eigenvalue weighted by Gasteiger charge is -2.05. The standard InChI is InChI=1S/C15H19N3O2/c1-11-8-14(18(2)17-11)10-20-15(19)7-6-12-4-3-5-13(16)9-12/h3-5,8-9H,6-7,10,16H2,1-2H3. The summed E-state index contributed by atoms with van der Waals surface area (Å²) in [5, 5.41) is 4.20. The van der Waals surface area contributed by atoms with Gasteiger partial charge in [0.2, 0.25) is 0 Å². The van der Waals surface area contributed by atoms with Gasteiger partial charge < -0.3 is 10.5 Å². The minimum Gasteiger partial charge on any atom is -0.459 e.